The van der Waals surface area contributed by atoms with Gasteiger partial charge in [0.2, 0.25) is 6.79 Å². The van der Waals surface area contributed by atoms with Crippen LogP contribution in [0.4, 0.5) is 0 Å². The van der Waals surface area contributed by atoms with E-state index in [1.807, 2.05) is 56.3 Å². The van der Waals surface area contributed by atoms with Crippen LogP contribution < -0.4 is 9.47 Å². The Bertz CT molecular complexity index is 873. The van der Waals surface area contributed by atoms with Crippen LogP contribution in [0.15, 0.2) is 48.5 Å². The van der Waals surface area contributed by atoms with Crippen LogP contribution in [0.25, 0.3) is 6.08 Å². The molecule has 0 N–H and O–H groups in total. The van der Waals surface area contributed by atoms with Crippen molar-refractivity contribution in [2.24, 2.45) is 0 Å². The number of carbonyl (C=O) groups is 2. The second-order valence-electron chi connectivity index (χ2n) is 6.45. The summed E-state index contributed by atoms with van der Waals surface area (Å²) in [5.41, 5.74) is 2.96. The fraction of sp³-hybridized carbons (Fsp3) is 0.273. The second-order valence-corrected chi connectivity index (χ2v) is 6.45. The average molecular weight is 381 g/mol. The summed E-state index contributed by atoms with van der Waals surface area (Å²) >= 11 is 0. The van der Waals surface area contributed by atoms with Gasteiger partial charge in [0, 0.05) is 19.2 Å². The van der Waals surface area contributed by atoms with Crippen molar-refractivity contribution in [3.63, 3.8) is 0 Å². The molecule has 1 aliphatic rings. The van der Waals surface area contributed by atoms with Crippen LogP contribution in [-0.2, 0) is 20.9 Å². The number of benzene rings is 2. The molecule has 0 aliphatic carbocycles. The van der Waals surface area contributed by atoms with Crippen molar-refractivity contribution in [3.8, 4) is 11.5 Å². The molecular formula is C22H23NO5. The van der Waals surface area contributed by atoms with Gasteiger partial charge < -0.3 is 19.1 Å². The van der Waals surface area contributed by atoms with Crippen LogP contribution in [0.5, 0.6) is 11.5 Å². The molecule has 0 unspecified atom stereocenters. The molecule has 1 heterocycles. The number of nitrogens with zero attached hydrogens (tertiary/aromatic N) is 1. The van der Waals surface area contributed by atoms with Gasteiger partial charge >= 0.3 is 5.97 Å². The first-order valence-corrected chi connectivity index (χ1v) is 9.13. The van der Waals surface area contributed by atoms with Gasteiger partial charge in [0.05, 0.1) is 0 Å². The Morgan fingerprint density at radius 2 is 1.86 bits per heavy atom. The van der Waals surface area contributed by atoms with Gasteiger partial charge in [-0.05, 0) is 43.2 Å². The minimum Gasteiger partial charge on any atom is -0.454 e. The van der Waals surface area contributed by atoms with Crippen molar-refractivity contribution in [3.05, 3.63) is 65.2 Å². The summed E-state index contributed by atoms with van der Waals surface area (Å²) in [4.78, 5) is 25.9. The molecule has 2 aromatic rings. The molecule has 3 rings (SSSR count). The van der Waals surface area contributed by atoms with Crippen molar-refractivity contribution in [1.82, 2.24) is 4.90 Å². The monoisotopic (exact) mass is 381 g/mol. The van der Waals surface area contributed by atoms with Crippen LogP contribution in [0, 0.1) is 6.92 Å². The van der Waals surface area contributed by atoms with Gasteiger partial charge in [-0.1, -0.05) is 35.9 Å². The minimum absolute atomic E-state index is 0.210. The third-order valence-corrected chi connectivity index (χ3v) is 4.37. The van der Waals surface area contributed by atoms with E-state index in [2.05, 4.69) is 0 Å². The smallest absolute Gasteiger partial charge is 0.331 e. The predicted molar refractivity (Wildman–Crippen MR) is 105 cm³/mol. The number of hydrogen-bond acceptors (Lipinski definition) is 5. The number of rotatable bonds is 7. The average Bonchev–Trinajstić information content (AvgIpc) is 3.17. The molecule has 0 fully saturated rings. The van der Waals surface area contributed by atoms with E-state index in [1.165, 1.54) is 6.08 Å². The Morgan fingerprint density at radius 1 is 1.11 bits per heavy atom. The van der Waals surface area contributed by atoms with E-state index in [9.17, 15) is 9.59 Å². The van der Waals surface area contributed by atoms with Gasteiger partial charge in [-0.25, -0.2) is 4.79 Å². The lowest BCUT2D eigenvalue weighted by atomic mass is 10.1. The topological polar surface area (TPSA) is 65.1 Å². The molecule has 0 spiro atoms. The van der Waals surface area contributed by atoms with Gasteiger partial charge in [-0.3, -0.25) is 4.79 Å². The third kappa shape index (κ3) is 5.13. The van der Waals surface area contributed by atoms with Crippen LogP contribution >= 0.6 is 0 Å². The molecule has 146 valence electrons. The normalized spacial score (nSPS) is 12.2. The van der Waals surface area contributed by atoms with Gasteiger partial charge in [0.25, 0.3) is 5.91 Å². The number of hydrogen-bond donors (Lipinski definition) is 0. The van der Waals surface area contributed by atoms with E-state index in [0.717, 1.165) is 16.7 Å². The van der Waals surface area contributed by atoms with Gasteiger partial charge in [-0.2, -0.15) is 0 Å². The zero-order chi connectivity index (χ0) is 19.9. The van der Waals surface area contributed by atoms with E-state index in [0.29, 0.717) is 24.6 Å². The fourth-order valence-electron chi connectivity index (χ4n) is 2.75. The number of aryl methyl sites for hydroxylation is 1. The molecule has 0 atom stereocenters. The van der Waals surface area contributed by atoms with Crippen molar-refractivity contribution < 1.29 is 23.8 Å². The van der Waals surface area contributed by atoms with Gasteiger partial charge in [0.1, 0.15) is 0 Å². The van der Waals surface area contributed by atoms with Gasteiger partial charge in [-0.15, -0.1) is 0 Å². The summed E-state index contributed by atoms with van der Waals surface area (Å²) in [6, 6.07) is 13.3. The highest BCUT2D eigenvalue weighted by Gasteiger charge is 2.17. The first kappa shape index (κ1) is 19.5. The third-order valence-electron chi connectivity index (χ3n) is 4.37. The van der Waals surface area contributed by atoms with E-state index in [-0.39, 0.29) is 19.3 Å². The quantitative estimate of drug-likeness (QED) is 0.544. The predicted octanol–water partition coefficient (Wildman–Crippen LogP) is 3.33. The Labute approximate surface area is 164 Å². The lowest BCUT2D eigenvalue weighted by molar-refractivity contribution is -0.148. The van der Waals surface area contributed by atoms with Crippen molar-refractivity contribution in [2.75, 3.05) is 19.9 Å². The summed E-state index contributed by atoms with van der Waals surface area (Å²) < 4.78 is 15.7. The highest BCUT2D eigenvalue weighted by atomic mass is 16.7. The van der Waals surface area contributed by atoms with Crippen LogP contribution in [0.1, 0.15) is 23.6 Å². The maximum atomic E-state index is 12.4. The van der Waals surface area contributed by atoms with E-state index < -0.39 is 5.97 Å². The maximum absolute atomic E-state index is 12.4. The van der Waals surface area contributed by atoms with E-state index in [4.69, 9.17) is 14.2 Å². The highest BCUT2D eigenvalue weighted by Crippen LogP contribution is 2.32. The second kappa shape index (κ2) is 9.08. The summed E-state index contributed by atoms with van der Waals surface area (Å²) in [7, 11) is 0. The lowest BCUT2D eigenvalue weighted by Gasteiger charge is -2.20. The zero-order valence-corrected chi connectivity index (χ0v) is 16.0. The summed E-state index contributed by atoms with van der Waals surface area (Å²) in [6.07, 6.45) is 2.99. The summed E-state index contributed by atoms with van der Waals surface area (Å²) in [5, 5.41) is 0. The summed E-state index contributed by atoms with van der Waals surface area (Å²) in [6.45, 7) is 4.70. The molecule has 6 nitrogen and oxygen atoms in total. The largest absolute Gasteiger partial charge is 0.454 e. The Kier molecular flexibility index (Phi) is 6.32. The highest BCUT2D eigenvalue weighted by molar-refractivity contribution is 5.89. The zero-order valence-electron chi connectivity index (χ0n) is 16.0. The van der Waals surface area contributed by atoms with Crippen LogP contribution in [-0.4, -0.2) is 36.7 Å². The number of ether oxygens (including phenoxy) is 3. The summed E-state index contributed by atoms with van der Waals surface area (Å²) in [5.74, 6) is 0.575. The van der Waals surface area contributed by atoms with E-state index >= 15 is 0 Å². The molecule has 0 saturated heterocycles. The Balaban J connectivity index is 1.50. The number of carbonyl (C=O) groups excluding carboxylic acids is 2. The minimum atomic E-state index is -0.548. The molecule has 2 aromatic carbocycles. The van der Waals surface area contributed by atoms with E-state index in [1.54, 1.807) is 11.0 Å². The molecule has 6 heteroatoms. The standard InChI is InChI=1S/C22H23NO5/c1-3-23(13-18-8-10-19-20(12-18)28-15-27-19)21(24)14-26-22(25)11-9-17-6-4-16(2)5-7-17/h4-12H,3,13-15H2,1-2H3/b11-9+. The molecule has 0 bridgehead atoms. The number of fused-ring (bicyclic) bond motifs is 1. The number of amides is 1. The first-order valence-electron chi connectivity index (χ1n) is 9.13. The molecule has 0 aromatic heterocycles. The lowest BCUT2D eigenvalue weighted by Crippen LogP contribution is -2.33. The maximum Gasteiger partial charge on any atom is 0.331 e. The molecule has 28 heavy (non-hydrogen) atoms. The molecule has 0 saturated carbocycles. The molecular weight excluding hydrogens is 358 g/mol. The number of esters is 1. The van der Waals surface area contributed by atoms with Crippen molar-refractivity contribution >= 4 is 18.0 Å². The molecule has 0 radical (unpaired) electrons. The van der Waals surface area contributed by atoms with Crippen molar-refractivity contribution in [2.45, 2.75) is 20.4 Å². The Morgan fingerprint density at radius 3 is 2.61 bits per heavy atom. The SMILES string of the molecule is CCN(Cc1ccc2c(c1)OCO2)C(=O)COC(=O)/C=C/c1ccc(C)cc1. The number of likely N-dealkylation sites (N-methyl/N-ethyl adjacent to an activating group) is 1. The first-order chi connectivity index (χ1) is 13.5. The fourth-order valence-corrected chi connectivity index (χ4v) is 2.75. The van der Waals surface area contributed by atoms with Crippen LogP contribution in [0.3, 0.4) is 0 Å². The Hall–Kier alpha value is -3.28. The molecule has 1 amide bonds. The van der Waals surface area contributed by atoms with Crippen LogP contribution in [0.2, 0.25) is 0 Å². The molecule has 1 aliphatic heterocycles. The van der Waals surface area contributed by atoms with Gasteiger partial charge in [0.15, 0.2) is 18.1 Å². The van der Waals surface area contributed by atoms with Crippen molar-refractivity contribution in [1.29, 1.82) is 0 Å².